The van der Waals surface area contributed by atoms with Crippen LogP contribution in [0.4, 0.5) is 0 Å². The lowest BCUT2D eigenvalue weighted by Crippen LogP contribution is -2.42. The maximum Gasteiger partial charge on any atom is 0.100 e. The van der Waals surface area contributed by atoms with Gasteiger partial charge in [-0.2, -0.15) is 0 Å². The molecule has 4 aliphatic carbocycles. The van der Waals surface area contributed by atoms with Crippen LogP contribution >= 0.6 is 7.92 Å². The summed E-state index contributed by atoms with van der Waals surface area (Å²) in [7, 11) is 0.223. The van der Waals surface area contributed by atoms with Crippen LogP contribution in [0.25, 0.3) is 0 Å². The SMILES string of the molecule is CN([C@@H](c1ccc2c(c1)C1c3ccccc3C2c2ccccc21)c1cc2c(cc1P(C(C)(C)C)C(C)(C)C)C(C)(C)CCC2(C)C)S(=O)C(C)(C)C. The van der Waals surface area contributed by atoms with Crippen molar-refractivity contribution in [3.05, 3.63) is 134 Å². The van der Waals surface area contributed by atoms with Gasteiger partial charge in [0, 0.05) is 18.9 Å². The summed E-state index contributed by atoms with van der Waals surface area (Å²) in [5.74, 6) is 0.425. The number of nitrogens with zero attached hydrogens (tertiary/aromatic N) is 1. The minimum Gasteiger partial charge on any atom is -0.242 e. The third-order valence-corrected chi connectivity index (χ3v) is 17.6. The summed E-state index contributed by atoms with van der Waals surface area (Å²) in [6, 6.07) is 30.6. The van der Waals surface area contributed by atoms with Gasteiger partial charge in [-0.25, -0.2) is 8.51 Å². The molecule has 2 bridgehead atoms. The van der Waals surface area contributed by atoms with Crippen LogP contribution < -0.4 is 5.30 Å². The predicted molar refractivity (Wildman–Crippen MR) is 227 cm³/mol. The first-order chi connectivity index (χ1) is 24.0. The van der Waals surface area contributed by atoms with Crippen LogP contribution in [-0.2, 0) is 21.8 Å². The van der Waals surface area contributed by atoms with Crippen LogP contribution in [0.15, 0.2) is 78.9 Å². The van der Waals surface area contributed by atoms with Crippen molar-refractivity contribution < 1.29 is 4.21 Å². The van der Waals surface area contributed by atoms with E-state index in [1.807, 2.05) is 0 Å². The minimum absolute atomic E-state index is 0.0546. The number of hydrogen-bond acceptors (Lipinski definition) is 1. The number of fused-ring (bicyclic) bond motifs is 1. The first-order valence-corrected chi connectivity index (χ1v) is 21.9. The highest BCUT2D eigenvalue weighted by Crippen LogP contribution is 2.61. The van der Waals surface area contributed by atoms with Gasteiger partial charge in [-0.3, -0.25) is 0 Å². The van der Waals surface area contributed by atoms with Crippen molar-refractivity contribution in [2.24, 2.45) is 0 Å². The number of rotatable bonds is 5. The zero-order chi connectivity index (χ0) is 37.9. The monoisotopic (exact) mass is 731 g/mol. The van der Waals surface area contributed by atoms with Crippen LogP contribution in [0.3, 0.4) is 0 Å². The summed E-state index contributed by atoms with van der Waals surface area (Å²) < 4.78 is 16.5. The van der Waals surface area contributed by atoms with E-state index in [0.29, 0.717) is 0 Å². The molecule has 0 radical (unpaired) electrons. The normalized spacial score (nSPS) is 21.3. The van der Waals surface area contributed by atoms with E-state index in [1.165, 1.54) is 67.4 Å². The van der Waals surface area contributed by atoms with Gasteiger partial charge in [0.25, 0.3) is 0 Å². The van der Waals surface area contributed by atoms with Crippen LogP contribution in [0.5, 0.6) is 0 Å². The molecule has 0 aliphatic heterocycles. The summed E-state index contributed by atoms with van der Waals surface area (Å²) in [6.45, 7) is 30.8. The molecule has 0 N–H and O–H groups in total. The third kappa shape index (κ3) is 6.10. The molecule has 0 aromatic heterocycles. The molecule has 276 valence electrons. The number of benzene rings is 4. The van der Waals surface area contributed by atoms with Gasteiger partial charge in [0.1, 0.15) is 11.0 Å². The van der Waals surface area contributed by atoms with Crippen molar-refractivity contribution in [3.63, 3.8) is 0 Å². The van der Waals surface area contributed by atoms with E-state index in [0.717, 1.165) is 6.42 Å². The molecule has 4 aromatic rings. The summed E-state index contributed by atoms with van der Waals surface area (Å²) in [5, 5.41) is 1.62. The van der Waals surface area contributed by atoms with E-state index in [9.17, 15) is 4.21 Å². The van der Waals surface area contributed by atoms with E-state index < -0.39 is 23.7 Å². The van der Waals surface area contributed by atoms with Gasteiger partial charge < -0.3 is 0 Å². The Hall–Kier alpha value is -2.58. The Balaban J connectivity index is 1.54. The van der Waals surface area contributed by atoms with E-state index in [4.69, 9.17) is 0 Å². The van der Waals surface area contributed by atoms with E-state index in [2.05, 4.69) is 180 Å². The van der Waals surface area contributed by atoms with Crippen LogP contribution in [-0.4, -0.2) is 30.6 Å². The second-order valence-electron chi connectivity index (χ2n) is 20.2. The average molecular weight is 732 g/mol. The second-order valence-corrected chi connectivity index (χ2v) is 26.4. The van der Waals surface area contributed by atoms with Crippen molar-refractivity contribution >= 4 is 24.2 Å². The van der Waals surface area contributed by atoms with E-state index in [-0.39, 0.29) is 39.0 Å². The van der Waals surface area contributed by atoms with E-state index in [1.54, 1.807) is 0 Å². The predicted octanol–water partition coefficient (Wildman–Crippen LogP) is 12.2. The molecular weight excluding hydrogens is 670 g/mol. The molecule has 4 aliphatic rings. The van der Waals surface area contributed by atoms with E-state index >= 15 is 0 Å². The molecule has 0 heterocycles. The molecule has 2 nitrogen and oxygen atoms in total. The fourth-order valence-electron chi connectivity index (χ4n) is 10.2. The molecule has 2 atom stereocenters. The maximum absolute atomic E-state index is 14.7. The van der Waals surface area contributed by atoms with Crippen LogP contribution in [0.2, 0.25) is 0 Å². The lowest BCUT2D eigenvalue weighted by atomic mass is 9.61. The topological polar surface area (TPSA) is 20.3 Å². The minimum atomic E-state index is -1.25. The maximum atomic E-state index is 14.7. The Morgan fingerprint density at radius 1 is 0.635 bits per heavy atom. The van der Waals surface area contributed by atoms with Gasteiger partial charge in [0.05, 0.1) is 10.8 Å². The van der Waals surface area contributed by atoms with Gasteiger partial charge >= 0.3 is 0 Å². The van der Waals surface area contributed by atoms with Gasteiger partial charge in [0.2, 0.25) is 0 Å². The number of hydrogen-bond donors (Lipinski definition) is 0. The fraction of sp³-hybridized carbons (Fsp3) is 0.500. The van der Waals surface area contributed by atoms with Crippen molar-refractivity contribution in [2.75, 3.05) is 7.05 Å². The second kappa shape index (κ2) is 12.5. The Morgan fingerprint density at radius 2 is 1.06 bits per heavy atom. The first kappa shape index (κ1) is 37.7. The van der Waals surface area contributed by atoms with Gasteiger partial charge in [-0.1, -0.05) is 156 Å². The van der Waals surface area contributed by atoms with Gasteiger partial charge in [-0.15, -0.1) is 0 Å². The third-order valence-electron chi connectivity index (χ3n) is 12.3. The summed E-state index contributed by atoms with van der Waals surface area (Å²) in [5.41, 5.74) is 14.3. The summed E-state index contributed by atoms with van der Waals surface area (Å²) in [4.78, 5) is 0. The molecule has 52 heavy (non-hydrogen) atoms. The van der Waals surface area contributed by atoms with Gasteiger partial charge in [-0.05, 0) is 116 Å². The molecule has 0 spiro atoms. The van der Waals surface area contributed by atoms with Crippen molar-refractivity contribution in [2.45, 2.75) is 147 Å². The average Bonchev–Trinajstić information content (AvgIpc) is 3.05. The standard InChI is InChI=1S/C48H62NOPS/c1-44(2,3)51(45(4,5)6)40-29-39-38(47(10,11)25-26-48(39,12)13)28-37(40)43(49(14)52(50)46(7,8)9)30-23-24-35-36(27-30)42-33-21-17-15-19-31(33)41(35)32-20-16-18-22-34(32)42/h15-24,27-29,41-43H,25-26H2,1-14H3/t41?,42?,43-,52?/m0/s1. The Kier molecular flexibility index (Phi) is 9.05. The molecule has 4 heteroatoms. The summed E-state index contributed by atoms with van der Waals surface area (Å²) >= 11 is 0. The fourth-order valence-corrected chi connectivity index (χ4v) is 15.7. The highest BCUT2D eigenvalue weighted by atomic mass is 32.2. The lowest BCUT2D eigenvalue weighted by molar-refractivity contribution is 0.331. The van der Waals surface area contributed by atoms with Crippen LogP contribution in [0.1, 0.15) is 176 Å². The molecule has 0 amide bonds. The Morgan fingerprint density at radius 3 is 1.50 bits per heavy atom. The Labute approximate surface area is 319 Å². The lowest BCUT2D eigenvalue weighted by Gasteiger charge is -2.48. The van der Waals surface area contributed by atoms with Gasteiger partial charge in [0.15, 0.2) is 0 Å². The Bertz CT molecular complexity index is 2010. The largest absolute Gasteiger partial charge is 0.242 e. The molecular formula is C48H62NOPS. The molecule has 4 aromatic carbocycles. The molecule has 1 unspecified atom stereocenters. The molecule has 0 saturated heterocycles. The highest BCUT2D eigenvalue weighted by Gasteiger charge is 2.46. The zero-order valence-corrected chi connectivity index (χ0v) is 36.1. The van der Waals surface area contributed by atoms with Crippen molar-refractivity contribution in [1.29, 1.82) is 0 Å². The first-order valence-electron chi connectivity index (χ1n) is 19.5. The van der Waals surface area contributed by atoms with Crippen molar-refractivity contribution in [3.8, 4) is 0 Å². The quantitative estimate of drug-likeness (QED) is 0.162. The smallest absolute Gasteiger partial charge is 0.100 e. The molecule has 0 saturated carbocycles. The zero-order valence-electron chi connectivity index (χ0n) is 34.4. The highest BCUT2D eigenvalue weighted by molar-refractivity contribution is 7.84. The molecule has 0 fully saturated rings. The molecule has 8 rings (SSSR count). The van der Waals surface area contributed by atoms with Crippen molar-refractivity contribution in [1.82, 2.24) is 4.31 Å². The van der Waals surface area contributed by atoms with Crippen LogP contribution in [0, 0.1) is 0 Å². The summed E-state index contributed by atoms with van der Waals surface area (Å²) in [6.07, 6.45) is 2.34.